The summed E-state index contributed by atoms with van der Waals surface area (Å²) in [5.74, 6) is 1.15. The number of hydrogen-bond acceptors (Lipinski definition) is 3. The molecule has 1 aromatic rings. The van der Waals surface area contributed by atoms with Crippen molar-refractivity contribution in [1.29, 1.82) is 0 Å². The fourth-order valence-electron chi connectivity index (χ4n) is 4.25. The molecule has 2 saturated carbocycles. The molecular formula is C19H29ClN2O2. The molecule has 1 amide bonds. The lowest BCUT2D eigenvalue weighted by Gasteiger charge is -2.45. The van der Waals surface area contributed by atoms with Gasteiger partial charge in [0.05, 0.1) is 6.61 Å². The number of rotatable bonds is 6. The smallest absolute Gasteiger partial charge is 0.246 e. The van der Waals surface area contributed by atoms with Gasteiger partial charge in [-0.3, -0.25) is 4.79 Å². The summed E-state index contributed by atoms with van der Waals surface area (Å²) in [6.45, 7) is 0.745. The number of carbonyl (C=O) groups is 1. The van der Waals surface area contributed by atoms with Crippen molar-refractivity contribution in [2.45, 2.75) is 50.6 Å². The average molecular weight is 353 g/mol. The van der Waals surface area contributed by atoms with Crippen LogP contribution in [0.3, 0.4) is 0 Å². The van der Waals surface area contributed by atoms with Gasteiger partial charge in [-0.05, 0) is 49.5 Å². The Morgan fingerprint density at radius 2 is 1.83 bits per heavy atom. The van der Waals surface area contributed by atoms with Gasteiger partial charge in [-0.1, -0.05) is 36.8 Å². The van der Waals surface area contributed by atoms with Gasteiger partial charge in [0, 0.05) is 12.1 Å². The van der Waals surface area contributed by atoms with Gasteiger partial charge in [-0.2, -0.15) is 0 Å². The standard InChI is InChI=1S/C19H28N2O2.ClH/c20-17-11-15-7-4-8-16(12-17)19(15)21-18(22)13-23-10-9-14-5-2-1-3-6-14;/h1-3,5-6,15-17,19H,4,7-13,20H2,(H,21,22);1H. The average Bonchev–Trinajstić information content (AvgIpc) is 2.53. The molecule has 2 aliphatic carbocycles. The van der Waals surface area contributed by atoms with Crippen molar-refractivity contribution in [3.05, 3.63) is 35.9 Å². The van der Waals surface area contributed by atoms with Crippen LogP contribution in [0.2, 0.25) is 0 Å². The molecule has 0 heterocycles. The maximum Gasteiger partial charge on any atom is 0.246 e. The second-order valence-corrected chi connectivity index (χ2v) is 7.06. The zero-order valence-electron chi connectivity index (χ0n) is 14.2. The van der Waals surface area contributed by atoms with Gasteiger partial charge in [0.15, 0.2) is 0 Å². The van der Waals surface area contributed by atoms with E-state index < -0.39 is 0 Å². The molecule has 2 aliphatic rings. The predicted octanol–water partition coefficient (Wildman–Crippen LogP) is 2.69. The highest BCUT2D eigenvalue weighted by Crippen LogP contribution is 2.39. The number of hydrogen-bond donors (Lipinski definition) is 2. The lowest BCUT2D eigenvalue weighted by Crippen LogP contribution is -2.54. The Kier molecular flexibility index (Phi) is 7.53. The van der Waals surface area contributed by atoms with E-state index in [-0.39, 0.29) is 24.9 Å². The molecular weight excluding hydrogens is 324 g/mol. The number of fused-ring (bicyclic) bond motifs is 2. The van der Waals surface area contributed by atoms with E-state index in [4.69, 9.17) is 10.5 Å². The molecule has 24 heavy (non-hydrogen) atoms. The largest absolute Gasteiger partial charge is 0.371 e. The summed E-state index contributed by atoms with van der Waals surface area (Å²) in [6, 6.07) is 10.8. The minimum Gasteiger partial charge on any atom is -0.371 e. The van der Waals surface area contributed by atoms with E-state index in [9.17, 15) is 4.79 Å². The van der Waals surface area contributed by atoms with Gasteiger partial charge in [0.1, 0.15) is 6.61 Å². The zero-order valence-corrected chi connectivity index (χ0v) is 15.0. The van der Waals surface area contributed by atoms with E-state index >= 15 is 0 Å². The van der Waals surface area contributed by atoms with Gasteiger partial charge >= 0.3 is 0 Å². The molecule has 2 bridgehead atoms. The lowest BCUT2D eigenvalue weighted by molar-refractivity contribution is -0.128. The molecule has 2 fully saturated rings. The number of ether oxygens (including phenoxy) is 1. The summed E-state index contributed by atoms with van der Waals surface area (Å²) in [5.41, 5.74) is 7.37. The van der Waals surface area contributed by atoms with Crippen LogP contribution in [0.4, 0.5) is 0 Å². The normalized spacial score (nSPS) is 28.7. The van der Waals surface area contributed by atoms with Crippen molar-refractivity contribution >= 4 is 18.3 Å². The molecule has 0 aromatic heterocycles. The Morgan fingerprint density at radius 3 is 2.50 bits per heavy atom. The van der Waals surface area contributed by atoms with E-state index in [1.165, 1.54) is 24.8 Å². The number of benzene rings is 1. The zero-order chi connectivity index (χ0) is 16.1. The third-order valence-electron chi connectivity index (χ3n) is 5.32. The molecule has 134 valence electrons. The first kappa shape index (κ1) is 19.2. The van der Waals surface area contributed by atoms with E-state index in [1.807, 2.05) is 18.2 Å². The van der Waals surface area contributed by atoms with Crippen LogP contribution in [0.25, 0.3) is 0 Å². The Hall–Kier alpha value is -1.10. The van der Waals surface area contributed by atoms with Crippen molar-refractivity contribution in [3.63, 3.8) is 0 Å². The van der Waals surface area contributed by atoms with Crippen molar-refractivity contribution in [2.24, 2.45) is 17.6 Å². The summed E-state index contributed by atoms with van der Waals surface area (Å²) >= 11 is 0. The molecule has 4 nitrogen and oxygen atoms in total. The van der Waals surface area contributed by atoms with Crippen molar-refractivity contribution in [3.8, 4) is 0 Å². The molecule has 0 saturated heterocycles. The van der Waals surface area contributed by atoms with Crippen LogP contribution < -0.4 is 11.1 Å². The monoisotopic (exact) mass is 352 g/mol. The Balaban J connectivity index is 0.00000208. The Bertz CT molecular complexity index is 497. The van der Waals surface area contributed by atoms with Crippen molar-refractivity contribution < 1.29 is 9.53 Å². The van der Waals surface area contributed by atoms with E-state index in [2.05, 4.69) is 17.4 Å². The van der Waals surface area contributed by atoms with Gasteiger partial charge in [-0.15, -0.1) is 12.4 Å². The number of carbonyl (C=O) groups excluding carboxylic acids is 1. The van der Waals surface area contributed by atoms with Crippen LogP contribution in [-0.4, -0.2) is 31.2 Å². The first-order chi connectivity index (χ1) is 11.2. The predicted molar refractivity (Wildman–Crippen MR) is 98.2 cm³/mol. The first-order valence-electron chi connectivity index (χ1n) is 8.89. The molecule has 0 radical (unpaired) electrons. The lowest BCUT2D eigenvalue weighted by atomic mass is 9.67. The highest BCUT2D eigenvalue weighted by molar-refractivity contribution is 5.85. The van der Waals surface area contributed by atoms with Crippen molar-refractivity contribution in [2.75, 3.05) is 13.2 Å². The van der Waals surface area contributed by atoms with Crippen LogP contribution in [-0.2, 0) is 16.0 Å². The molecule has 2 unspecified atom stereocenters. The summed E-state index contributed by atoms with van der Waals surface area (Å²) in [6.07, 6.45) is 6.63. The fraction of sp³-hybridized carbons (Fsp3) is 0.632. The van der Waals surface area contributed by atoms with Gasteiger partial charge < -0.3 is 15.8 Å². The summed E-state index contributed by atoms with van der Waals surface area (Å²) in [5, 5.41) is 3.22. The third kappa shape index (κ3) is 5.20. The minimum absolute atomic E-state index is 0. The number of amides is 1. The molecule has 1 aromatic carbocycles. The van der Waals surface area contributed by atoms with Crippen LogP contribution in [0.1, 0.15) is 37.7 Å². The molecule has 0 aliphatic heterocycles. The summed E-state index contributed by atoms with van der Waals surface area (Å²) in [4.78, 5) is 12.2. The Morgan fingerprint density at radius 1 is 1.17 bits per heavy atom. The summed E-state index contributed by atoms with van der Waals surface area (Å²) < 4.78 is 5.55. The highest BCUT2D eigenvalue weighted by atomic mass is 35.5. The number of nitrogens with one attached hydrogen (secondary N) is 1. The van der Waals surface area contributed by atoms with E-state index in [0.29, 0.717) is 30.5 Å². The summed E-state index contributed by atoms with van der Waals surface area (Å²) in [7, 11) is 0. The molecule has 2 atom stereocenters. The van der Waals surface area contributed by atoms with Crippen LogP contribution in [0, 0.1) is 11.8 Å². The molecule has 3 rings (SSSR count). The van der Waals surface area contributed by atoms with Crippen molar-refractivity contribution in [1.82, 2.24) is 5.32 Å². The minimum atomic E-state index is 0. The highest BCUT2D eigenvalue weighted by Gasteiger charge is 2.39. The number of halogens is 1. The van der Waals surface area contributed by atoms with E-state index in [0.717, 1.165) is 19.3 Å². The molecule has 5 heteroatoms. The van der Waals surface area contributed by atoms with Crippen LogP contribution >= 0.6 is 12.4 Å². The SMILES string of the molecule is Cl.NC1CC2CCCC(C1)C2NC(=O)COCCc1ccccc1. The molecule has 0 spiro atoms. The second kappa shape index (κ2) is 9.40. The van der Waals surface area contributed by atoms with Gasteiger partial charge in [0.2, 0.25) is 5.91 Å². The number of nitrogens with two attached hydrogens (primary N) is 1. The van der Waals surface area contributed by atoms with Gasteiger partial charge in [-0.25, -0.2) is 0 Å². The quantitative estimate of drug-likeness (QED) is 0.774. The van der Waals surface area contributed by atoms with Crippen LogP contribution in [0.5, 0.6) is 0 Å². The fourth-order valence-corrected chi connectivity index (χ4v) is 4.25. The third-order valence-corrected chi connectivity index (χ3v) is 5.32. The van der Waals surface area contributed by atoms with Crippen LogP contribution in [0.15, 0.2) is 30.3 Å². The second-order valence-electron chi connectivity index (χ2n) is 7.06. The van der Waals surface area contributed by atoms with Gasteiger partial charge in [0.25, 0.3) is 0 Å². The topological polar surface area (TPSA) is 64.3 Å². The first-order valence-corrected chi connectivity index (χ1v) is 8.89. The Labute approximate surface area is 150 Å². The molecule has 3 N–H and O–H groups in total. The van der Waals surface area contributed by atoms with E-state index in [1.54, 1.807) is 0 Å². The maximum atomic E-state index is 12.2. The maximum absolute atomic E-state index is 12.2.